The molecule has 0 aliphatic rings. The van der Waals surface area contributed by atoms with Crippen molar-refractivity contribution in [2.75, 3.05) is 5.32 Å². The molecule has 3 amide bonds. The van der Waals surface area contributed by atoms with Crippen molar-refractivity contribution >= 4 is 30.0 Å². The number of halogens is 1. The van der Waals surface area contributed by atoms with Crippen molar-refractivity contribution in [1.29, 1.82) is 0 Å². The first-order valence-corrected chi connectivity index (χ1v) is 6.21. The third kappa shape index (κ3) is 6.40. The number of hydrogen-bond donors (Lipinski definition) is 4. The van der Waals surface area contributed by atoms with Crippen LogP contribution in [0.5, 0.6) is 0 Å². The SMILES string of the molecule is CCCC(N)C(=O)Nc1ccc(CNC(N)=O)cc1.Cl. The maximum atomic E-state index is 11.7. The number of nitrogens with one attached hydrogen (secondary N) is 2. The molecule has 0 aliphatic carbocycles. The van der Waals surface area contributed by atoms with E-state index in [9.17, 15) is 9.59 Å². The van der Waals surface area contributed by atoms with Crippen molar-refractivity contribution < 1.29 is 9.59 Å². The smallest absolute Gasteiger partial charge is 0.312 e. The minimum atomic E-state index is -0.567. The van der Waals surface area contributed by atoms with Crippen molar-refractivity contribution in [3.05, 3.63) is 29.8 Å². The van der Waals surface area contributed by atoms with Crippen LogP contribution >= 0.6 is 12.4 Å². The molecule has 1 atom stereocenters. The molecule has 6 nitrogen and oxygen atoms in total. The van der Waals surface area contributed by atoms with Gasteiger partial charge < -0.3 is 22.1 Å². The number of benzene rings is 1. The second-order valence-electron chi connectivity index (χ2n) is 4.30. The van der Waals surface area contributed by atoms with E-state index in [0.29, 0.717) is 18.7 Å². The third-order valence-corrected chi connectivity index (χ3v) is 2.62. The molecule has 7 heteroatoms. The van der Waals surface area contributed by atoms with Crippen molar-refractivity contribution in [1.82, 2.24) is 5.32 Å². The van der Waals surface area contributed by atoms with E-state index in [1.165, 1.54) is 0 Å². The highest BCUT2D eigenvalue weighted by Gasteiger charge is 2.11. The predicted molar refractivity (Wildman–Crippen MR) is 81.6 cm³/mol. The van der Waals surface area contributed by atoms with Gasteiger partial charge in [-0.2, -0.15) is 0 Å². The number of hydrogen-bond acceptors (Lipinski definition) is 3. The summed E-state index contributed by atoms with van der Waals surface area (Å²) in [6, 6.07) is 6.07. The molecule has 0 heterocycles. The maximum Gasteiger partial charge on any atom is 0.312 e. The van der Waals surface area contributed by atoms with Crippen molar-refractivity contribution in [3.8, 4) is 0 Å². The van der Waals surface area contributed by atoms with Crippen LogP contribution in [0.2, 0.25) is 0 Å². The van der Waals surface area contributed by atoms with Gasteiger partial charge >= 0.3 is 6.03 Å². The molecule has 0 saturated heterocycles. The fourth-order valence-electron chi connectivity index (χ4n) is 1.57. The van der Waals surface area contributed by atoms with Crippen LogP contribution in [0, 0.1) is 0 Å². The highest BCUT2D eigenvalue weighted by molar-refractivity contribution is 5.94. The van der Waals surface area contributed by atoms with E-state index in [1.54, 1.807) is 24.3 Å². The molecule has 0 aliphatic heterocycles. The largest absolute Gasteiger partial charge is 0.352 e. The number of amides is 3. The van der Waals surface area contributed by atoms with Gasteiger partial charge in [-0.25, -0.2) is 4.79 Å². The van der Waals surface area contributed by atoms with E-state index in [4.69, 9.17) is 11.5 Å². The van der Waals surface area contributed by atoms with Crippen LogP contribution < -0.4 is 22.1 Å². The van der Waals surface area contributed by atoms with Gasteiger partial charge in [-0.05, 0) is 24.1 Å². The lowest BCUT2D eigenvalue weighted by Gasteiger charge is -2.11. The zero-order chi connectivity index (χ0) is 14.3. The van der Waals surface area contributed by atoms with E-state index in [-0.39, 0.29) is 18.3 Å². The van der Waals surface area contributed by atoms with E-state index in [0.717, 1.165) is 12.0 Å². The molecule has 1 aromatic carbocycles. The first kappa shape index (κ1) is 18.2. The van der Waals surface area contributed by atoms with Gasteiger partial charge in [0.05, 0.1) is 6.04 Å². The molecule has 0 radical (unpaired) electrons. The molecule has 0 saturated carbocycles. The first-order chi connectivity index (χ1) is 9.02. The Balaban J connectivity index is 0.00000361. The lowest BCUT2D eigenvalue weighted by molar-refractivity contribution is -0.117. The quantitative estimate of drug-likeness (QED) is 0.636. The second kappa shape index (κ2) is 9.17. The molecular formula is C13H21ClN4O2. The first-order valence-electron chi connectivity index (χ1n) is 6.21. The summed E-state index contributed by atoms with van der Waals surface area (Å²) in [5, 5.41) is 5.23. The van der Waals surface area contributed by atoms with Crippen LogP contribution in [0.3, 0.4) is 0 Å². The van der Waals surface area contributed by atoms with E-state index in [2.05, 4.69) is 10.6 Å². The summed E-state index contributed by atoms with van der Waals surface area (Å²) >= 11 is 0. The summed E-state index contributed by atoms with van der Waals surface area (Å²) in [5.41, 5.74) is 12.3. The fraction of sp³-hybridized carbons (Fsp3) is 0.385. The van der Waals surface area contributed by atoms with Gasteiger partial charge in [-0.15, -0.1) is 12.4 Å². The molecule has 0 spiro atoms. The summed E-state index contributed by atoms with van der Waals surface area (Å²) < 4.78 is 0. The zero-order valence-corrected chi connectivity index (χ0v) is 12.2. The topological polar surface area (TPSA) is 110 Å². The molecule has 0 fully saturated rings. The molecule has 20 heavy (non-hydrogen) atoms. The molecule has 0 bridgehead atoms. The van der Waals surface area contributed by atoms with Gasteiger partial charge in [0, 0.05) is 12.2 Å². The lowest BCUT2D eigenvalue weighted by atomic mass is 10.1. The molecule has 6 N–H and O–H groups in total. The van der Waals surface area contributed by atoms with Gasteiger partial charge in [0.1, 0.15) is 0 Å². The Morgan fingerprint density at radius 1 is 1.25 bits per heavy atom. The molecular weight excluding hydrogens is 280 g/mol. The van der Waals surface area contributed by atoms with Gasteiger partial charge in [0.25, 0.3) is 0 Å². The lowest BCUT2D eigenvalue weighted by Crippen LogP contribution is -2.35. The van der Waals surface area contributed by atoms with Crippen LogP contribution in [-0.2, 0) is 11.3 Å². The number of anilines is 1. The summed E-state index contributed by atoms with van der Waals surface area (Å²) in [6.07, 6.45) is 1.53. The molecule has 1 rings (SSSR count). The Hall–Kier alpha value is -1.79. The highest BCUT2D eigenvalue weighted by Crippen LogP contribution is 2.10. The average molecular weight is 301 g/mol. The van der Waals surface area contributed by atoms with Crippen molar-refractivity contribution in [2.24, 2.45) is 11.5 Å². The third-order valence-electron chi connectivity index (χ3n) is 2.62. The molecule has 112 valence electrons. The summed E-state index contributed by atoms with van der Waals surface area (Å²) in [6.45, 7) is 2.34. The van der Waals surface area contributed by atoms with Crippen LogP contribution in [0.4, 0.5) is 10.5 Å². The van der Waals surface area contributed by atoms with Gasteiger partial charge in [-0.1, -0.05) is 25.5 Å². The number of carbonyl (C=O) groups excluding carboxylic acids is 2. The monoisotopic (exact) mass is 300 g/mol. The summed E-state index contributed by atoms with van der Waals surface area (Å²) in [5.74, 6) is -0.190. The van der Waals surface area contributed by atoms with Crippen molar-refractivity contribution in [3.63, 3.8) is 0 Å². The number of urea groups is 1. The maximum absolute atomic E-state index is 11.7. The van der Waals surface area contributed by atoms with Gasteiger partial charge in [0.2, 0.25) is 5.91 Å². The minimum absolute atomic E-state index is 0. The van der Waals surface area contributed by atoms with E-state index >= 15 is 0 Å². The number of carbonyl (C=O) groups is 2. The van der Waals surface area contributed by atoms with Crippen molar-refractivity contribution in [2.45, 2.75) is 32.4 Å². The number of nitrogens with two attached hydrogens (primary N) is 2. The number of primary amides is 1. The second-order valence-corrected chi connectivity index (χ2v) is 4.30. The molecule has 1 unspecified atom stereocenters. The molecule has 1 aromatic rings. The zero-order valence-electron chi connectivity index (χ0n) is 11.4. The van der Waals surface area contributed by atoms with E-state index in [1.807, 2.05) is 6.92 Å². The van der Waals surface area contributed by atoms with Gasteiger partial charge in [-0.3, -0.25) is 4.79 Å². The average Bonchev–Trinajstić information content (AvgIpc) is 2.38. The number of rotatable bonds is 6. The highest BCUT2D eigenvalue weighted by atomic mass is 35.5. The summed E-state index contributed by atoms with van der Waals surface area (Å²) in [7, 11) is 0. The van der Waals surface area contributed by atoms with Crippen LogP contribution in [0.1, 0.15) is 25.3 Å². The Morgan fingerprint density at radius 2 is 1.85 bits per heavy atom. The predicted octanol–water partition coefficient (Wildman–Crippen LogP) is 1.34. The Bertz CT molecular complexity index is 437. The standard InChI is InChI=1S/C13H20N4O2.ClH/c1-2-3-11(14)12(18)17-10-6-4-9(5-7-10)8-16-13(15)19;/h4-7,11H,2-3,8,14H2,1H3,(H,17,18)(H3,15,16,19);1H. The van der Waals surface area contributed by atoms with Crippen LogP contribution in [0.25, 0.3) is 0 Å². The van der Waals surface area contributed by atoms with Crippen LogP contribution in [0.15, 0.2) is 24.3 Å². The van der Waals surface area contributed by atoms with E-state index < -0.39 is 12.1 Å². The Morgan fingerprint density at radius 3 is 2.35 bits per heavy atom. The van der Waals surface area contributed by atoms with Crippen LogP contribution in [-0.4, -0.2) is 18.0 Å². The Kier molecular flexibility index (Phi) is 8.35. The fourth-order valence-corrected chi connectivity index (χ4v) is 1.57. The summed E-state index contributed by atoms with van der Waals surface area (Å²) in [4.78, 5) is 22.3. The molecule has 0 aromatic heterocycles. The van der Waals surface area contributed by atoms with Gasteiger partial charge in [0.15, 0.2) is 0 Å². The minimum Gasteiger partial charge on any atom is -0.352 e. The Labute approximate surface area is 124 Å². The normalized spacial score (nSPS) is 11.1.